The average Bonchev–Trinajstić information content (AvgIpc) is 2.73. The van der Waals surface area contributed by atoms with Gasteiger partial charge in [0.1, 0.15) is 17.0 Å². The van der Waals surface area contributed by atoms with Gasteiger partial charge in [0.25, 0.3) is 0 Å². The fraction of sp³-hybridized carbons (Fsp3) is 0.778. The van der Waals surface area contributed by atoms with E-state index in [9.17, 15) is 10.3 Å². The quantitative estimate of drug-likeness (QED) is 0.624. The number of rotatable bonds is 0. The van der Waals surface area contributed by atoms with Gasteiger partial charge >= 0.3 is 0 Å². The van der Waals surface area contributed by atoms with Crippen LogP contribution in [-0.4, -0.2) is 38.3 Å². The van der Waals surface area contributed by atoms with Gasteiger partial charge in [-0.1, -0.05) is 17.2 Å². The lowest BCUT2D eigenvalue weighted by molar-refractivity contribution is -0.145. The largest absolute Gasteiger partial charge is 0.381 e. The number of nitrogens with zero attached hydrogens (tertiary/aromatic N) is 3. The minimum Gasteiger partial charge on any atom is -0.381 e. The van der Waals surface area contributed by atoms with Crippen molar-refractivity contribution in [1.29, 1.82) is 0 Å². The Kier molecular flexibility index (Phi) is 1.72. The SMILES string of the molecule is C[C@H]1CN(O)[C@H]2CCc3nonc3[C@@]21O. The van der Waals surface area contributed by atoms with Crippen LogP contribution in [0, 0.1) is 5.92 Å². The van der Waals surface area contributed by atoms with Crippen LogP contribution < -0.4 is 0 Å². The van der Waals surface area contributed by atoms with Crippen molar-refractivity contribution in [2.75, 3.05) is 6.54 Å². The van der Waals surface area contributed by atoms with E-state index in [0.29, 0.717) is 25.1 Å². The van der Waals surface area contributed by atoms with Crippen LogP contribution in [-0.2, 0) is 12.0 Å². The van der Waals surface area contributed by atoms with Crippen molar-refractivity contribution >= 4 is 0 Å². The predicted octanol–water partition coefficient (Wildman–Crippen LogP) is -0.0871. The van der Waals surface area contributed by atoms with Gasteiger partial charge < -0.3 is 10.3 Å². The lowest BCUT2D eigenvalue weighted by Crippen LogP contribution is -2.47. The maximum atomic E-state index is 10.6. The van der Waals surface area contributed by atoms with Crippen molar-refractivity contribution in [2.45, 2.75) is 31.4 Å². The van der Waals surface area contributed by atoms with E-state index < -0.39 is 5.60 Å². The molecule has 82 valence electrons. The summed E-state index contributed by atoms with van der Waals surface area (Å²) in [4.78, 5) is 0. The Morgan fingerprint density at radius 1 is 1.53 bits per heavy atom. The Labute approximate surface area is 86.4 Å². The van der Waals surface area contributed by atoms with Crippen molar-refractivity contribution in [3.05, 3.63) is 11.4 Å². The van der Waals surface area contributed by atoms with Crippen LogP contribution in [0.25, 0.3) is 0 Å². The van der Waals surface area contributed by atoms with E-state index in [0.717, 1.165) is 5.69 Å². The van der Waals surface area contributed by atoms with E-state index in [1.165, 1.54) is 5.06 Å². The lowest BCUT2D eigenvalue weighted by atomic mass is 9.76. The molecule has 2 aliphatic rings. The minimum absolute atomic E-state index is 0.0709. The van der Waals surface area contributed by atoms with Crippen LogP contribution in [0.15, 0.2) is 4.63 Å². The van der Waals surface area contributed by atoms with Crippen molar-refractivity contribution in [2.24, 2.45) is 5.92 Å². The molecule has 0 radical (unpaired) electrons. The van der Waals surface area contributed by atoms with Gasteiger partial charge in [0.15, 0.2) is 0 Å². The second-order valence-electron chi connectivity index (χ2n) is 4.46. The third kappa shape index (κ3) is 0.987. The molecule has 2 heterocycles. The zero-order valence-corrected chi connectivity index (χ0v) is 8.42. The van der Waals surface area contributed by atoms with Gasteiger partial charge in [-0.05, 0) is 12.8 Å². The monoisotopic (exact) mass is 211 g/mol. The normalized spacial score (nSPS) is 40.2. The Hall–Kier alpha value is -0.980. The second kappa shape index (κ2) is 2.78. The average molecular weight is 211 g/mol. The fourth-order valence-corrected chi connectivity index (χ4v) is 2.81. The molecule has 2 N–H and O–H groups in total. The molecule has 1 aromatic rings. The third-order valence-corrected chi connectivity index (χ3v) is 3.67. The number of hydrogen-bond acceptors (Lipinski definition) is 6. The van der Waals surface area contributed by atoms with Gasteiger partial charge in [-0.3, -0.25) is 0 Å². The standard InChI is InChI=1S/C9H13N3O3/c1-5-4-12(14)7-3-2-6-8(9(5,7)13)11-15-10-6/h5,7,13-14H,2-4H2,1H3/t5-,7-,9-/m0/s1. The number of aromatic nitrogens is 2. The maximum absolute atomic E-state index is 10.6. The van der Waals surface area contributed by atoms with Crippen LogP contribution >= 0.6 is 0 Å². The van der Waals surface area contributed by atoms with Gasteiger partial charge in [0.2, 0.25) is 0 Å². The first-order valence-corrected chi connectivity index (χ1v) is 5.14. The van der Waals surface area contributed by atoms with Gasteiger partial charge in [-0.2, -0.15) is 5.06 Å². The number of hydrogen-bond donors (Lipinski definition) is 2. The van der Waals surface area contributed by atoms with Gasteiger partial charge in [-0.25, -0.2) is 4.63 Å². The van der Waals surface area contributed by atoms with Crippen molar-refractivity contribution in [3.63, 3.8) is 0 Å². The van der Waals surface area contributed by atoms with E-state index in [-0.39, 0.29) is 12.0 Å². The summed E-state index contributed by atoms with van der Waals surface area (Å²) in [6, 6.07) is -0.285. The van der Waals surface area contributed by atoms with Gasteiger partial charge in [-0.15, -0.1) is 0 Å². The van der Waals surface area contributed by atoms with Crippen LogP contribution in [0.3, 0.4) is 0 Å². The zero-order valence-electron chi connectivity index (χ0n) is 8.42. The van der Waals surface area contributed by atoms with E-state index >= 15 is 0 Å². The summed E-state index contributed by atoms with van der Waals surface area (Å²) in [6.07, 6.45) is 1.37. The van der Waals surface area contributed by atoms with Crippen LogP contribution in [0.2, 0.25) is 0 Å². The lowest BCUT2D eigenvalue weighted by Gasteiger charge is -2.35. The zero-order chi connectivity index (χ0) is 10.6. The summed E-state index contributed by atoms with van der Waals surface area (Å²) in [7, 11) is 0. The number of aryl methyl sites for hydroxylation is 1. The molecule has 0 unspecified atom stereocenters. The Balaban J connectivity index is 2.14. The molecule has 0 aromatic carbocycles. The van der Waals surface area contributed by atoms with Crippen molar-refractivity contribution in [3.8, 4) is 0 Å². The molecule has 15 heavy (non-hydrogen) atoms. The Morgan fingerprint density at radius 2 is 2.33 bits per heavy atom. The molecule has 0 saturated carbocycles. The molecular weight excluding hydrogens is 198 g/mol. The highest BCUT2D eigenvalue weighted by Gasteiger charge is 2.57. The second-order valence-corrected chi connectivity index (χ2v) is 4.46. The summed E-state index contributed by atoms with van der Waals surface area (Å²) in [5.41, 5.74) is 0.112. The fourth-order valence-electron chi connectivity index (χ4n) is 2.81. The van der Waals surface area contributed by atoms with E-state index in [1.807, 2.05) is 6.92 Å². The molecule has 0 amide bonds. The topological polar surface area (TPSA) is 82.6 Å². The number of fused-ring (bicyclic) bond motifs is 3. The minimum atomic E-state index is -1.11. The maximum Gasteiger partial charge on any atom is 0.141 e. The smallest absolute Gasteiger partial charge is 0.141 e. The molecule has 1 aliphatic carbocycles. The first-order valence-electron chi connectivity index (χ1n) is 5.14. The van der Waals surface area contributed by atoms with E-state index in [4.69, 9.17) is 0 Å². The van der Waals surface area contributed by atoms with Crippen LogP contribution in [0.5, 0.6) is 0 Å². The summed E-state index contributed by atoms with van der Waals surface area (Å²) >= 11 is 0. The molecule has 0 spiro atoms. The predicted molar refractivity (Wildman–Crippen MR) is 48.0 cm³/mol. The highest BCUT2D eigenvalue weighted by atomic mass is 16.6. The van der Waals surface area contributed by atoms with E-state index in [1.54, 1.807) is 0 Å². The molecule has 3 rings (SSSR count). The van der Waals surface area contributed by atoms with E-state index in [2.05, 4.69) is 14.9 Å². The Morgan fingerprint density at radius 3 is 3.13 bits per heavy atom. The van der Waals surface area contributed by atoms with Gasteiger partial charge in [0.05, 0.1) is 6.04 Å². The summed E-state index contributed by atoms with van der Waals surface area (Å²) in [6.45, 7) is 2.35. The first-order chi connectivity index (χ1) is 7.14. The van der Waals surface area contributed by atoms with Gasteiger partial charge in [0, 0.05) is 12.5 Å². The molecule has 1 aliphatic heterocycles. The highest BCUT2D eigenvalue weighted by molar-refractivity contribution is 5.27. The molecule has 0 bridgehead atoms. The Bertz CT molecular complexity index is 394. The molecule has 1 saturated heterocycles. The summed E-state index contributed by atoms with van der Waals surface area (Å²) in [5.74, 6) is -0.0709. The van der Waals surface area contributed by atoms with Crippen molar-refractivity contribution < 1.29 is 14.9 Å². The molecule has 3 atom stereocenters. The van der Waals surface area contributed by atoms with Crippen molar-refractivity contribution in [1.82, 2.24) is 15.4 Å². The van der Waals surface area contributed by atoms with Crippen LogP contribution in [0.4, 0.5) is 0 Å². The summed E-state index contributed by atoms with van der Waals surface area (Å²) in [5, 5.41) is 29.1. The molecule has 1 aromatic heterocycles. The number of hydroxylamine groups is 2. The van der Waals surface area contributed by atoms with Crippen LogP contribution in [0.1, 0.15) is 24.7 Å². The molecule has 1 fully saturated rings. The number of aliphatic hydroxyl groups is 1. The molecular formula is C9H13N3O3. The summed E-state index contributed by atoms with van der Waals surface area (Å²) < 4.78 is 4.66. The first kappa shape index (κ1) is 9.26. The highest BCUT2D eigenvalue weighted by Crippen LogP contribution is 2.46. The third-order valence-electron chi connectivity index (χ3n) is 3.67. The molecule has 6 nitrogen and oxygen atoms in total. The molecule has 6 heteroatoms.